The van der Waals surface area contributed by atoms with Crippen LogP contribution in [-0.4, -0.2) is 43.2 Å². The molecule has 0 aromatic heterocycles. The van der Waals surface area contributed by atoms with Gasteiger partial charge in [0.2, 0.25) is 5.91 Å². The SMILES string of the molecule is COc1ccccc1NC(=O)C[C@@H](NCCN)C(=O)O. The van der Waals surface area contributed by atoms with Crippen molar-refractivity contribution in [2.45, 2.75) is 12.5 Å². The third-order valence-corrected chi connectivity index (χ3v) is 2.60. The standard InChI is InChI=1S/C13H19N3O4/c1-20-11-5-3-2-4-9(11)16-12(17)8-10(13(18)19)15-7-6-14/h2-5,10,15H,6-8,14H2,1H3,(H,16,17)(H,18,19)/t10-/m1/s1. The summed E-state index contributed by atoms with van der Waals surface area (Å²) >= 11 is 0. The number of nitrogens with one attached hydrogen (secondary N) is 2. The number of hydrogen-bond donors (Lipinski definition) is 4. The number of carboxylic acid groups (broad SMARTS) is 1. The van der Waals surface area contributed by atoms with Crippen LogP contribution in [0.15, 0.2) is 24.3 Å². The molecule has 20 heavy (non-hydrogen) atoms. The number of carbonyl (C=O) groups excluding carboxylic acids is 1. The quantitative estimate of drug-likeness (QED) is 0.534. The summed E-state index contributed by atoms with van der Waals surface area (Å²) < 4.78 is 5.10. The number of rotatable bonds is 8. The summed E-state index contributed by atoms with van der Waals surface area (Å²) in [5, 5.41) is 14.3. The number of methoxy groups -OCH3 is 1. The van der Waals surface area contributed by atoms with Crippen LogP contribution in [0, 0.1) is 0 Å². The zero-order chi connectivity index (χ0) is 15.0. The van der Waals surface area contributed by atoms with Gasteiger partial charge in [0.05, 0.1) is 19.2 Å². The van der Waals surface area contributed by atoms with Gasteiger partial charge in [-0.15, -0.1) is 0 Å². The summed E-state index contributed by atoms with van der Waals surface area (Å²) in [6, 6.07) is 5.95. The summed E-state index contributed by atoms with van der Waals surface area (Å²) in [6.07, 6.45) is -0.187. The number of benzene rings is 1. The van der Waals surface area contributed by atoms with Crippen molar-refractivity contribution in [3.63, 3.8) is 0 Å². The van der Waals surface area contributed by atoms with Gasteiger partial charge >= 0.3 is 5.97 Å². The minimum absolute atomic E-state index is 0.187. The van der Waals surface area contributed by atoms with Crippen molar-refractivity contribution in [2.24, 2.45) is 5.73 Å². The van der Waals surface area contributed by atoms with E-state index in [1.54, 1.807) is 24.3 Å². The molecule has 7 nitrogen and oxygen atoms in total. The largest absolute Gasteiger partial charge is 0.495 e. The summed E-state index contributed by atoms with van der Waals surface area (Å²) in [5.74, 6) is -0.984. The number of carbonyl (C=O) groups is 2. The van der Waals surface area contributed by atoms with E-state index in [9.17, 15) is 9.59 Å². The average Bonchev–Trinajstić information content (AvgIpc) is 2.43. The molecule has 0 radical (unpaired) electrons. The minimum Gasteiger partial charge on any atom is -0.495 e. The monoisotopic (exact) mass is 281 g/mol. The van der Waals surface area contributed by atoms with Gasteiger partial charge in [0.25, 0.3) is 0 Å². The Labute approximate surface area is 117 Å². The van der Waals surface area contributed by atoms with Crippen molar-refractivity contribution in [3.8, 4) is 5.75 Å². The number of carboxylic acids is 1. The van der Waals surface area contributed by atoms with Gasteiger partial charge in [-0.2, -0.15) is 0 Å². The molecule has 0 aliphatic rings. The van der Waals surface area contributed by atoms with Crippen molar-refractivity contribution >= 4 is 17.6 Å². The highest BCUT2D eigenvalue weighted by atomic mass is 16.5. The molecule has 110 valence electrons. The predicted octanol–water partition coefficient (Wildman–Crippen LogP) is 0.0253. The fourth-order valence-corrected chi connectivity index (χ4v) is 1.64. The van der Waals surface area contributed by atoms with E-state index in [-0.39, 0.29) is 6.42 Å². The maximum atomic E-state index is 11.9. The van der Waals surface area contributed by atoms with Gasteiger partial charge in [-0.1, -0.05) is 12.1 Å². The summed E-state index contributed by atoms with van der Waals surface area (Å²) in [4.78, 5) is 22.9. The Morgan fingerprint density at radius 2 is 2.10 bits per heavy atom. The van der Waals surface area contributed by atoms with Gasteiger partial charge in [-0.3, -0.25) is 9.59 Å². The third kappa shape index (κ3) is 4.87. The van der Waals surface area contributed by atoms with Crippen molar-refractivity contribution < 1.29 is 19.4 Å². The van der Waals surface area contributed by atoms with E-state index in [0.29, 0.717) is 24.5 Å². The number of ether oxygens (including phenoxy) is 1. The molecule has 0 aliphatic carbocycles. The Balaban J connectivity index is 2.63. The lowest BCUT2D eigenvalue weighted by Crippen LogP contribution is -2.41. The zero-order valence-corrected chi connectivity index (χ0v) is 11.3. The smallest absolute Gasteiger partial charge is 0.321 e. The first-order chi connectivity index (χ1) is 9.58. The number of anilines is 1. The molecule has 5 N–H and O–H groups in total. The first-order valence-electron chi connectivity index (χ1n) is 6.17. The first-order valence-corrected chi connectivity index (χ1v) is 6.17. The Bertz CT molecular complexity index is 465. The molecule has 1 amide bonds. The van der Waals surface area contributed by atoms with Crippen molar-refractivity contribution in [1.29, 1.82) is 0 Å². The van der Waals surface area contributed by atoms with Gasteiger partial charge in [0.15, 0.2) is 0 Å². The molecule has 1 rings (SSSR count). The predicted molar refractivity (Wildman–Crippen MR) is 74.7 cm³/mol. The maximum absolute atomic E-state index is 11.9. The molecule has 0 heterocycles. The highest BCUT2D eigenvalue weighted by Gasteiger charge is 2.20. The molecule has 0 aliphatic heterocycles. The molecule has 1 atom stereocenters. The molecule has 1 aromatic carbocycles. The molecule has 7 heteroatoms. The second kappa shape index (κ2) is 8.13. The van der Waals surface area contributed by atoms with Gasteiger partial charge in [0.1, 0.15) is 11.8 Å². The minimum atomic E-state index is -1.09. The van der Waals surface area contributed by atoms with Crippen LogP contribution in [-0.2, 0) is 9.59 Å². The van der Waals surface area contributed by atoms with E-state index in [4.69, 9.17) is 15.6 Å². The molecule has 0 spiro atoms. The van der Waals surface area contributed by atoms with Gasteiger partial charge in [-0.25, -0.2) is 0 Å². The Morgan fingerprint density at radius 3 is 2.70 bits per heavy atom. The van der Waals surface area contributed by atoms with E-state index in [1.807, 2.05) is 0 Å². The Kier molecular flexibility index (Phi) is 6.48. The molecular formula is C13H19N3O4. The molecule has 0 fully saturated rings. The van der Waals surface area contributed by atoms with E-state index in [0.717, 1.165) is 0 Å². The van der Waals surface area contributed by atoms with Crippen molar-refractivity contribution in [3.05, 3.63) is 24.3 Å². The van der Waals surface area contributed by atoms with Crippen LogP contribution in [0.5, 0.6) is 5.75 Å². The highest BCUT2D eigenvalue weighted by molar-refractivity contribution is 5.95. The van der Waals surface area contributed by atoms with Gasteiger partial charge < -0.3 is 26.2 Å². The van der Waals surface area contributed by atoms with Crippen LogP contribution < -0.4 is 21.1 Å². The number of para-hydroxylation sites is 2. The molecular weight excluding hydrogens is 262 g/mol. The topological polar surface area (TPSA) is 114 Å². The van der Waals surface area contributed by atoms with E-state index in [1.165, 1.54) is 7.11 Å². The lowest BCUT2D eigenvalue weighted by molar-refractivity contribution is -0.141. The summed E-state index contributed by atoms with van der Waals surface area (Å²) in [7, 11) is 1.49. The summed E-state index contributed by atoms with van der Waals surface area (Å²) in [6.45, 7) is 0.636. The van der Waals surface area contributed by atoms with Crippen LogP contribution in [0.1, 0.15) is 6.42 Å². The maximum Gasteiger partial charge on any atom is 0.321 e. The van der Waals surface area contributed by atoms with Crippen molar-refractivity contribution in [2.75, 3.05) is 25.5 Å². The normalized spacial score (nSPS) is 11.7. The third-order valence-electron chi connectivity index (χ3n) is 2.60. The molecule has 0 saturated carbocycles. The second-order valence-electron chi connectivity index (χ2n) is 4.09. The lowest BCUT2D eigenvalue weighted by Gasteiger charge is -2.14. The van der Waals surface area contributed by atoms with Crippen molar-refractivity contribution in [1.82, 2.24) is 5.32 Å². The number of aliphatic carboxylic acids is 1. The molecule has 0 bridgehead atoms. The van der Waals surface area contributed by atoms with E-state index < -0.39 is 17.9 Å². The molecule has 1 aromatic rings. The Hall–Kier alpha value is -2.12. The first kappa shape index (κ1) is 15.9. The fourth-order valence-electron chi connectivity index (χ4n) is 1.64. The highest BCUT2D eigenvalue weighted by Crippen LogP contribution is 2.23. The number of amides is 1. The second-order valence-corrected chi connectivity index (χ2v) is 4.09. The zero-order valence-electron chi connectivity index (χ0n) is 11.3. The van der Waals surface area contributed by atoms with Crippen LogP contribution in [0.3, 0.4) is 0 Å². The lowest BCUT2D eigenvalue weighted by atomic mass is 10.2. The molecule has 0 saturated heterocycles. The molecule has 0 unspecified atom stereocenters. The fraction of sp³-hybridized carbons (Fsp3) is 0.385. The van der Waals surface area contributed by atoms with E-state index >= 15 is 0 Å². The number of hydrogen-bond acceptors (Lipinski definition) is 5. The summed E-state index contributed by atoms with van der Waals surface area (Å²) in [5.41, 5.74) is 5.80. The number of nitrogens with two attached hydrogens (primary N) is 1. The van der Waals surface area contributed by atoms with Crippen LogP contribution in [0.4, 0.5) is 5.69 Å². The van der Waals surface area contributed by atoms with E-state index in [2.05, 4.69) is 10.6 Å². The van der Waals surface area contributed by atoms with Crippen LogP contribution in [0.25, 0.3) is 0 Å². The van der Waals surface area contributed by atoms with Crippen LogP contribution in [0.2, 0.25) is 0 Å². The van der Waals surface area contributed by atoms with Gasteiger partial charge in [0, 0.05) is 13.1 Å². The Morgan fingerprint density at radius 1 is 1.40 bits per heavy atom. The van der Waals surface area contributed by atoms with Gasteiger partial charge in [-0.05, 0) is 12.1 Å². The average molecular weight is 281 g/mol. The van der Waals surface area contributed by atoms with Crippen LogP contribution >= 0.6 is 0 Å².